The molecule has 0 N–H and O–H groups in total. The Hall–Kier alpha value is -1.33. The third-order valence-corrected chi connectivity index (χ3v) is 4.28. The van der Waals surface area contributed by atoms with Crippen LogP contribution in [0.15, 0.2) is 24.3 Å². The van der Waals surface area contributed by atoms with Crippen molar-refractivity contribution in [1.82, 2.24) is 4.90 Å². The molecule has 1 fully saturated rings. The summed E-state index contributed by atoms with van der Waals surface area (Å²) in [5.41, 5.74) is 0.103. The van der Waals surface area contributed by atoms with Crippen LogP contribution in [0.4, 0.5) is 5.69 Å². The zero-order valence-electron chi connectivity index (χ0n) is 13.2. The molecule has 6 heteroatoms. The van der Waals surface area contributed by atoms with Gasteiger partial charge in [-0.25, -0.2) is 0 Å². The number of hydrogen-bond acceptors (Lipinski definition) is 4. The molecule has 0 saturated heterocycles. The molecule has 124 valence electrons. The number of ether oxygens (including phenoxy) is 1. The van der Waals surface area contributed by atoms with E-state index in [2.05, 4.69) is 18.7 Å². The minimum Gasteiger partial charge on any atom is -0.489 e. The van der Waals surface area contributed by atoms with Crippen LogP contribution in [0.2, 0.25) is 0 Å². The van der Waals surface area contributed by atoms with Crippen LogP contribution in [-0.4, -0.2) is 35.1 Å². The lowest BCUT2D eigenvalue weighted by molar-refractivity contribution is -0.384. The van der Waals surface area contributed by atoms with Crippen molar-refractivity contribution < 1.29 is 9.66 Å². The van der Waals surface area contributed by atoms with Gasteiger partial charge in [0.1, 0.15) is 11.9 Å². The second-order valence-electron chi connectivity index (χ2n) is 5.48. The largest absolute Gasteiger partial charge is 0.489 e. The molecule has 1 aliphatic carbocycles. The van der Waals surface area contributed by atoms with Crippen molar-refractivity contribution in [3.63, 3.8) is 0 Å². The molecule has 0 bridgehead atoms. The SMILES string of the molecule is CCN(CC)[C@@H]1CCCC[C@H]1Oc1ccc([N+](=O)[O-])cc1.Cl. The number of likely N-dealkylation sites (N-methyl/N-ethyl adjacent to an activating group) is 1. The summed E-state index contributed by atoms with van der Waals surface area (Å²) >= 11 is 0. The Morgan fingerprint density at radius 1 is 1.18 bits per heavy atom. The average molecular weight is 329 g/mol. The fourth-order valence-electron chi connectivity index (χ4n) is 3.15. The number of hydrogen-bond donors (Lipinski definition) is 0. The Bertz CT molecular complexity index is 463. The first-order valence-electron chi connectivity index (χ1n) is 7.80. The molecule has 0 unspecified atom stereocenters. The molecule has 0 amide bonds. The summed E-state index contributed by atoms with van der Waals surface area (Å²) in [4.78, 5) is 12.7. The van der Waals surface area contributed by atoms with E-state index in [1.807, 2.05) is 0 Å². The lowest BCUT2D eigenvalue weighted by Crippen LogP contribution is -2.47. The summed E-state index contributed by atoms with van der Waals surface area (Å²) in [6, 6.07) is 6.86. The number of nitrogens with zero attached hydrogens (tertiary/aromatic N) is 2. The fourth-order valence-corrected chi connectivity index (χ4v) is 3.15. The van der Waals surface area contributed by atoms with Gasteiger partial charge in [0.15, 0.2) is 0 Å². The normalized spacial score (nSPS) is 21.2. The number of benzene rings is 1. The fraction of sp³-hybridized carbons (Fsp3) is 0.625. The van der Waals surface area contributed by atoms with Crippen molar-refractivity contribution in [3.05, 3.63) is 34.4 Å². The Morgan fingerprint density at radius 2 is 1.77 bits per heavy atom. The molecule has 2 rings (SSSR count). The van der Waals surface area contributed by atoms with Gasteiger partial charge in [0, 0.05) is 18.2 Å². The number of halogens is 1. The van der Waals surface area contributed by atoms with Crippen molar-refractivity contribution in [2.45, 2.75) is 51.7 Å². The van der Waals surface area contributed by atoms with Crippen LogP contribution in [0, 0.1) is 10.1 Å². The Labute approximate surface area is 138 Å². The number of rotatable bonds is 6. The molecule has 0 spiro atoms. The van der Waals surface area contributed by atoms with Crippen molar-refractivity contribution in [1.29, 1.82) is 0 Å². The van der Waals surface area contributed by atoms with Gasteiger partial charge in [-0.05, 0) is 44.5 Å². The van der Waals surface area contributed by atoms with E-state index in [4.69, 9.17) is 4.74 Å². The summed E-state index contributed by atoms with van der Waals surface area (Å²) in [6.07, 6.45) is 4.84. The Balaban J connectivity index is 0.00000242. The highest BCUT2D eigenvalue weighted by Crippen LogP contribution is 2.28. The maximum atomic E-state index is 10.7. The summed E-state index contributed by atoms with van der Waals surface area (Å²) < 4.78 is 6.12. The van der Waals surface area contributed by atoms with Crippen molar-refractivity contribution >= 4 is 18.1 Å². The molecule has 1 aromatic rings. The number of nitro groups is 1. The van der Waals surface area contributed by atoms with Crippen LogP contribution in [0.25, 0.3) is 0 Å². The van der Waals surface area contributed by atoms with Gasteiger partial charge in [0.2, 0.25) is 0 Å². The smallest absolute Gasteiger partial charge is 0.269 e. The lowest BCUT2D eigenvalue weighted by atomic mass is 9.91. The van der Waals surface area contributed by atoms with Crippen LogP contribution in [-0.2, 0) is 0 Å². The summed E-state index contributed by atoms with van der Waals surface area (Å²) in [7, 11) is 0. The molecule has 5 nitrogen and oxygen atoms in total. The van der Waals surface area contributed by atoms with Crippen LogP contribution >= 0.6 is 12.4 Å². The first-order chi connectivity index (χ1) is 10.2. The zero-order valence-corrected chi connectivity index (χ0v) is 14.1. The zero-order chi connectivity index (χ0) is 15.2. The van der Waals surface area contributed by atoms with E-state index in [1.165, 1.54) is 31.4 Å². The summed E-state index contributed by atoms with van der Waals surface area (Å²) in [5, 5.41) is 10.7. The van der Waals surface area contributed by atoms with Crippen LogP contribution < -0.4 is 4.74 Å². The Morgan fingerprint density at radius 3 is 2.32 bits per heavy atom. The van der Waals surface area contributed by atoms with Gasteiger partial charge in [0.05, 0.1) is 4.92 Å². The van der Waals surface area contributed by atoms with E-state index in [0.717, 1.165) is 25.3 Å². The van der Waals surface area contributed by atoms with Gasteiger partial charge in [-0.1, -0.05) is 20.3 Å². The van der Waals surface area contributed by atoms with E-state index >= 15 is 0 Å². The third kappa shape index (κ3) is 4.58. The predicted octanol–water partition coefficient (Wildman–Crippen LogP) is 4.05. The highest BCUT2D eigenvalue weighted by molar-refractivity contribution is 5.85. The van der Waals surface area contributed by atoms with Gasteiger partial charge < -0.3 is 4.74 Å². The quantitative estimate of drug-likeness (QED) is 0.584. The van der Waals surface area contributed by atoms with Crippen LogP contribution in [0.5, 0.6) is 5.75 Å². The van der Waals surface area contributed by atoms with E-state index in [1.54, 1.807) is 12.1 Å². The van der Waals surface area contributed by atoms with Gasteiger partial charge in [-0.3, -0.25) is 15.0 Å². The van der Waals surface area contributed by atoms with Gasteiger partial charge in [0.25, 0.3) is 5.69 Å². The third-order valence-electron chi connectivity index (χ3n) is 4.28. The van der Waals surface area contributed by atoms with E-state index in [9.17, 15) is 10.1 Å². The lowest BCUT2D eigenvalue weighted by Gasteiger charge is -2.39. The number of nitro benzene ring substituents is 1. The molecule has 1 aromatic carbocycles. The van der Waals surface area contributed by atoms with Crippen molar-refractivity contribution in [2.75, 3.05) is 13.1 Å². The van der Waals surface area contributed by atoms with Crippen LogP contribution in [0.3, 0.4) is 0 Å². The monoisotopic (exact) mass is 328 g/mol. The highest BCUT2D eigenvalue weighted by Gasteiger charge is 2.30. The van der Waals surface area contributed by atoms with E-state index < -0.39 is 0 Å². The first-order valence-corrected chi connectivity index (χ1v) is 7.80. The molecule has 0 aliphatic heterocycles. The molecule has 2 atom stereocenters. The molecule has 0 radical (unpaired) electrons. The van der Waals surface area contributed by atoms with Gasteiger partial charge >= 0.3 is 0 Å². The van der Waals surface area contributed by atoms with Crippen LogP contribution in [0.1, 0.15) is 39.5 Å². The average Bonchev–Trinajstić information content (AvgIpc) is 2.50. The minimum atomic E-state index is -0.386. The molecule has 0 heterocycles. The minimum absolute atomic E-state index is 0. The van der Waals surface area contributed by atoms with Crippen molar-refractivity contribution in [2.24, 2.45) is 0 Å². The molecule has 1 saturated carbocycles. The topological polar surface area (TPSA) is 55.6 Å². The van der Waals surface area contributed by atoms with Crippen molar-refractivity contribution in [3.8, 4) is 5.75 Å². The second-order valence-corrected chi connectivity index (χ2v) is 5.48. The molecular weight excluding hydrogens is 304 g/mol. The van der Waals surface area contributed by atoms with E-state index in [0.29, 0.717) is 6.04 Å². The maximum absolute atomic E-state index is 10.7. The molecule has 0 aromatic heterocycles. The molecule has 22 heavy (non-hydrogen) atoms. The standard InChI is InChI=1S/C16H24N2O3.ClH/c1-3-17(4-2)15-7-5-6-8-16(15)21-14-11-9-13(10-12-14)18(19)20;/h9-12,15-16H,3-8H2,1-2H3;1H/t15-,16-;/m1./s1. The van der Waals surface area contributed by atoms with Gasteiger partial charge in [-0.15, -0.1) is 12.4 Å². The van der Waals surface area contributed by atoms with E-state index in [-0.39, 0.29) is 29.1 Å². The molecule has 1 aliphatic rings. The predicted molar refractivity (Wildman–Crippen MR) is 89.9 cm³/mol. The first kappa shape index (κ1) is 18.7. The summed E-state index contributed by atoms with van der Waals surface area (Å²) in [6.45, 7) is 6.42. The second kappa shape index (κ2) is 8.96. The summed E-state index contributed by atoms with van der Waals surface area (Å²) in [5.74, 6) is 0.727. The van der Waals surface area contributed by atoms with Gasteiger partial charge in [-0.2, -0.15) is 0 Å². The number of non-ortho nitro benzene ring substituents is 1. The molecular formula is C16H25ClN2O3. The highest BCUT2D eigenvalue weighted by atomic mass is 35.5. The Kier molecular flexibility index (Phi) is 7.62. The maximum Gasteiger partial charge on any atom is 0.269 e.